The Morgan fingerprint density at radius 3 is 2.78 bits per heavy atom. The number of thiophene rings is 1. The Labute approximate surface area is 145 Å². The van der Waals surface area contributed by atoms with Crippen LogP contribution in [0, 0.1) is 0 Å². The highest BCUT2D eigenvalue weighted by atomic mass is 35.5. The summed E-state index contributed by atoms with van der Waals surface area (Å²) in [5.41, 5.74) is 0.715. The Balaban J connectivity index is 1.76. The molecule has 4 aromatic rings. The summed E-state index contributed by atoms with van der Waals surface area (Å²) in [6.07, 6.45) is 0. The van der Waals surface area contributed by atoms with E-state index in [0.717, 1.165) is 9.40 Å². The van der Waals surface area contributed by atoms with Crippen LogP contribution < -0.4 is 4.72 Å². The molecule has 2 aromatic carbocycles. The van der Waals surface area contributed by atoms with Crippen molar-refractivity contribution in [1.82, 2.24) is 4.98 Å². The number of aromatic nitrogens is 1. The first kappa shape index (κ1) is 14.9. The number of hydrogen-bond acceptors (Lipinski definition) is 5. The first-order valence-corrected chi connectivity index (χ1v) is 10.1. The molecule has 1 N–H and O–H groups in total. The minimum atomic E-state index is -3.68. The smallest absolute Gasteiger partial charge is 0.255 e. The summed E-state index contributed by atoms with van der Waals surface area (Å²) in [5.74, 6) is 0. The van der Waals surface area contributed by atoms with E-state index in [0.29, 0.717) is 21.1 Å². The van der Waals surface area contributed by atoms with Crippen molar-refractivity contribution in [3.8, 4) is 0 Å². The van der Waals surface area contributed by atoms with E-state index in [2.05, 4.69) is 9.71 Å². The SMILES string of the molecule is O=S(=O)(Nc1nc2ccc(Cl)cc2s1)c1csc2ccccc12. The predicted molar refractivity (Wildman–Crippen MR) is 97.3 cm³/mol. The molecule has 0 aliphatic heterocycles. The van der Waals surface area contributed by atoms with Crippen LogP contribution in [0.2, 0.25) is 5.02 Å². The average molecular weight is 381 g/mol. The molecule has 0 aliphatic carbocycles. The van der Waals surface area contributed by atoms with Crippen LogP contribution in [0.4, 0.5) is 5.13 Å². The number of fused-ring (bicyclic) bond motifs is 2. The van der Waals surface area contributed by atoms with Crippen LogP contribution in [-0.2, 0) is 10.0 Å². The number of halogens is 1. The zero-order chi connectivity index (χ0) is 16.0. The fraction of sp³-hybridized carbons (Fsp3) is 0. The maximum Gasteiger partial charge on any atom is 0.265 e. The molecule has 23 heavy (non-hydrogen) atoms. The molecular formula is C15H9ClN2O2S3. The van der Waals surface area contributed by atoms with Gasteiger partial charge in [0.25, 0.3) is 10.0 Å². The second kappa shape index (κ2) is 5.45. The Morgan fingerprint density at radius 2 is 1.91 bits per heavy atom. The molecule has 0 unspecified atom stereocenters. The lowest BCUT2D eigenvalue weighted by Crippen LogP contribution is -2.12. The normalized spacial score (nSPS) is 12.0. The lowest BCUT2D eigenvalue weighted by atomic mass is 10.3. The van der Waals surface area contributed by atoms with Gasteiger partial charge in [-0.3, -0.25) is 4.72 Å². The molecule has 2 heterocycles. The first-order chi connectivity index (χ1) is 11.0. The van der Waals surface area contributed by atoms with E-state index in [9.17, 15) is 8.42 Å². The first-order valence-electron chi connectivity index (χ1n) is 6.58. The minimum absolute atomic E-state index is 0.274. The van der Waals surface area contributed by atoms with Gasteiger partial charge in [-0.05, 0) is 24.3 Å². The van der Waals surface area contributed by atoms with Crippen LogP contribution in [0.1, 0.15) is 0 Å². The molecule has 0 spiro atoms. The van der Waals surface area contributed by atoms with Crippen LogP contribution in [0.3, 0.4) is 0 Å². The minimum Gasteiger partial charge on any atom is -0.255 e. The van der Waals surface area contributed by atoms with E-state index >= 15 is 0 Å². The maximum absolute atomic E-state index is 12.7. The van der Waals surface area contributed by atoms with Gasteiger partial charge in [-0.25, -0.2) is 13.4 Å². The molecule has 2 aromatic heterocycles. The number of nitrogens with one attached hydrogen (secondary N) is 1. The highest BCUT2D eigenvalue weighted by Gasteiger charge is 2.20. The van der Waals surface area contributed by atoms with Gasteiger partial charge in [0.2, 0.25) is 0 Å². The van der Waals surface area contributed by atoms with Crippen molar-refractivity contribution in [2.75, 3.05) is 4.72 Å². The molecule has 0 bridgehead atoms. The van der Waals surface area contributed by atoms with E-state index in [-0.39, 0.29) is 4.90 Å². The van der Waals surface area contributed by atoms with Gasteiger partial charge in [0.1, 0.15) is 4.90 Å². The van der Waals surface area contributed by atoms with Gasteiger partial charge in [0.05, 0.1) is 10.2 Å². The van der Waals surface area contributed by atoms with Gasteiger partial charge >= 0.3 is 0 Å². The van der Waals surface area contributed by atoms with E-state index < -0.39 is 10.0 Å². The molecule has 0 atom stereocenters. The Hall–Kier alpha value is -1.67. The molecule has 0 saturated carbocycles. The van der Waals surface area contributed by atoms with Crippen molar-refractivity contribution in [3.05, 3.63) is 52.9 Å². The highest BCUT2D eigenvalue weighted by molar-refractivity contribution is 7.93. The van der Waals surface area contributed by atoms with Crippen molar-refractivity contribution in [3.63, 3.8) is 0 Å². The number of sulfonamides is 1. The third-order valence-corrected chi connectivity index (χ3v) is 7.10. The molecule has 116 valence electrons. The Morgan fingerprint density at radius 1 is 1.09 bits per heavy atom. The fourth-order valence-corrected chi connectivity index (χ4v) is 6.15. The topological polar surface area (TPSA) is 59.1 Å². The summed E-state index contributed by atoms with van der Waals surface area (Å²) in [5, 5.41) is 3.29. The van der Waals surface area contributed by atoms with Crippen LogP contribution in [0.15, 0.2) is 52.7 Å². The molecule has 4 rings (SSSR count). The summed E-state index contributed by atoms with van der Waals surface area (Å²) in [6.45, 7) is 0. The molecule has 0 aliphatic rings. The second-order valence-corrected chi connectivity index (χ2v) is 8.86. The fourth-order valence-electron chi connectivity index (χ4n) is 2.27. The molecule has 0 amide bonds. The van der Waals surface area contributed by atoms with Gasteiger partial charge < -0.3 is 0 Å². The van der Waals surface area contributed by atoms with E-state index in [1.54, 1.807) is 29.6 Å². The van der Waals surface area contributed by atoms with Crippen LogP contribution in [-0.4, -0.2) is 13.4 Å². The van der Waals surface area contributed by atoms with Gasteiger partial charge in [-0.1, -0.05) is 41.1 Å². The Bertz CT molecular complexity index is 1130. The lowest BCUT2D eigenvalue weighted by molar-refractivity contribution is 0.602. The zero-order valence-corrected chi connectivity index (χ0v) is 14.7. The number of rotatable bonds is 3. The number of nitrogens with zero attached hydrogens (tertiary/aromatic N) is 1. The largest absolute Gasteiger partial charge is 0.265 e. The summed E-state index contributed by atoms with van der Waals surface area (Å²) in [6, 6.07) is 12.7. The van der Waals surface area contributed by atoms with Crippen molar-refractivity contribution in [2.45, 2.75) is 4.90 Å². The number of anilines is 1. The summed E-state index contributed by atoms with van der Waals surface area (Å²) >= 11 is 8.61. The van der Waals surface area contributed by atoms with E-state index in [1.807, 2.05) is 18.2 Å². The van der Waals surface area contributed by atoms with Gasteiger partial charge in [0.15, 0.2) is 5.13 Å². The number of thiazole rings is 1. The predicted octanol–water partition coefficient (Wildman–Crippen LogP) is 4.97. The second-order valence-electron chi connectivity index (χ2n) is 4.83. The quantitative estimate of drug-likeness (QED) is 0.546. The summed E-state index contributed by atoms with van der Waals surface area (Å²) in [7, 11) is -3.68. The van der Waals surface area contributed by atoms with Gasteiger partial charge in [0, 0.05) is 20.5 Å². The monoisotopic (exact) mass is 380 g/mol. The third-order valence-electron chi connectivity index (χ3n) is 3.31. The molecule has 0 fully saturated rings. The van der Waals surface area contributed by atoms with Crippen molar-refractivity contribution in [2.24, 2.45) is 0 Å². The standard InChI is InChI=1S/C15H9ClN2O2S3/c16-9-5-6-11-13(7-9)22-15(17-11)18-23(19,20)14-8-21-12-4-2-1-3-10(12)14/h1-8H,(H,17,18). The van der Waals surface area contributed by atoms with Crippen LogP contribution in [0.25, 0.3) is 20.3 Å². The van der Waals surface area contributed by atoms with Crippen LogP contribution in [0.5, 0.6) is 0 Å². The number of benzene rings is 2. The average Bonchev–Trinajstić information content (AvgIpc) is 3.09. The number of hydrogen-bond donors (Lipinski definition) is 1. The Kier molecular flexibility index (Phi) is 3.53. The van der Waals surface area contributed by atoms with E-state index in [4.69, 9.17) is 11.6 Å². The molecule has 0 saturated heterocycles. The summed E-state index contributed by atoms with van der Waals surface area (Å²) < 4.78 is 29.7. The molecule has 0 radical (unpaired) electrons. The highest BCUT2D eigenvalue weighted by Crippen LogP contribution is 2.33. The maximum atomic E-state index is 12.7. The zero-order valence-electron chi connectivity index (χ0n) is 11.5. The van der Waals surface area contributed by atoms with Crippen LogP contribution >= 0.6 is 34.3 Å². The van der Waals surface area contributed by atoms with Gasteiger partial charge in [-0.2, -0.15) is 0 Å². The third kappa shape index (κ3) is 2.70. The lowest BCUT2D eigenvalue weighted by Gasteiger charge is -2.03. The van der Waals surface area contributed by atoms with Gasteiger partial charge in [-0.15, -0.1) is 11.3 Å². The van der Waals surface area contributed by atoms with Crippen molar-refractivity contribution < 1.29 is 8.42 Å². The molecular weight excluding hydrogens is 372 g/mol. The van der Waals surface area contributed by atoms with Crippen molar-refractivity contribution in [1.29, 1.82) is 0 Å². The van der Waals surface area contributed by atoms with E-state index in [1.165, 1.54) is 22.7 Å². The van der Waals surface area contributed by atoms with Crippen molar-refractivity contribution >= 4 is 69.7 Å². The molecule has 8 heteroatoms. The summed E-state index contributed by atoms with van der Waals surface area (Å²) in [4.78, 5) is 4.58. The molecule has 4 nitrogen and oxygen atoms in total.